The zero-order valence-corrected chi connectivity index (χ0v) is 24.7. The van der Waals surface area contributed by atoms with E-state index in [9.17, 15) is 4.79 Å². The number of alkyl halides is 1. The molecule has 0 bridgehead atoms. The van der Waals surface area contributed by atoms with Gasteiger partial charge in [-0.25, -0.2) is 4.79 Å². The van der Waals surface area contributed by atoms with Crippen LogP contribution in [0.5, 0.6) is 0 Å². The summed E-state index contributed by atoms with van der Waals surface area (Å²) in [5.41, 5.74) is 0.779. The molecule has 3 nitrogen and oxygen atoms in total. The van der Waals surface area contributed by atoms with Gasteiger partial charge in [-0.15, -0.1) is 11.6 Å². The molecule has 4 heteroatoms. The van der Waals surface area contributed by atoms with Gasteiger partial charge < -0.3 is 4.74 Å². The van der Waals surface area contributed by atoms with Crippen molar-refractivity contribution >= 4 is 17.6 Å². The predicted molar refractivity (Wildman–Crippen MR) is 152 cm³/mol. The Morgan fingerprint density at radius 1 is 1.05 bits per heavy atom. The molecule has 37 heavy (non-hydrogen) atoms. The molecule has 0 aromatic carbocycles. The van der Waals surface area contributed by atoms with Gasteiger partial charge in [-0.05, 0) is 111 Å². The van der Waals surface area contributed by atoms with E-state index in [0.717, 1.165) is 37.0 Å². The van der Waals surface area contributed by atoms with Gasteiger partial charge in [0.1, 0.15) is 6.10 Å². The Balaban J connectivity index is 1.37. The molecule has 1 aromatic heterocycles. The molecule has 9 atom stereocenters. The lowest BCUT2D eigenvalue weighted by molar-refractivity contribution is -0.152. The molecule has 2 unspecified atom stereocenters. The molecule has 5 rings (SSSR count). The predicted octanol–water partition coefficient (Wildman–Crippen LogP) is 9.09. The minimum atomic E-state index is -0.282. The van der Waals surface area contributed by atoms with Crippen LogP contribution in [0.4, 0.5) is 0 Å². The van der Waals surface area contributed by atoms with E-state index in [1.807, 2.05) is 12.1 Å². The Bertz CT molecular complexity index is 951. The maximum absolute atomic E-state index is 13.2. The average Bonchev–Trinajstić information content (AvgIpc) is 3.22. The molecule has 0 radical (unpaired) electrons. The molecule has 0 amide bonds. The first-order valence-electron chi connectivity index (χ1n) is 15.4. The van der Waals surface area contributed by atoms with Crippen molar-refractivity contribution in [2.75, 3.05) is 0 Å². The monoisotopic (exact) mass is 527 g/mol. The molecule has 0 spiro atoms. The second kappa shape index (κ2) is 10.5. The first-order chi connectivity index (χ1) is 17.6. The second-order valence-electron chi connectivity index (χ2n) is 14.2. The van der Waals surface area contributed by atoms with Crippen LogP contribution in [0.3, 0.4) is 0 Å². The van der Waals surface area contributed by atoms with Crippen molar-refractivity contribution in [3.8, 4) is 0 Å². The molecule has 4 aliphatic carbocycles. The zero-order chi connectivity index (χ0) is 26.4. The van der Waals surface area contributed by atoms with Crippen molar-refractivity contribution in [1.29, 1.82) is 0 Å². The minimum absolute atomic E-state index is 0.115. The standard InChI is InChI=1S/C33H50ClNO2/c1-22(2)9-6-10-23(3)26-16-17-27-28-15-14-25-12-7-13-29(37-30(36)24-11-8-20-35-21-24)32(25,5)33(28,34)19-18-31(26,27)4/h8,11,20-23,25-29H,6-7,9-10,12-19H2,1-5H3/t23-,25?,26-,27+,28+,29?,31-,32-,33-/m1/s1. The van der Waals surface area contributed by atoms with E-state index in [-0.39, 0.29) is 22.4 Å². The summed E-state index contributed by atoms with van der Waals surface area (Å²) in [7, 11) is 0. The molecule has 1 aromatic rings. The van der Waals surface area contributed by atoms with Gasteiger partial charge >= 0.3 is 5.97 Å². The Morgan fingerprint density at radius 2 is 1.84 bits per heavy atom. The summed E-state index contributed by atoms with van der Waals surface area (Å²) in [5, 5.41) is 0. The number of rotatable bonds is 7. The maximum atomic E-state index is 13.2. The van der Waals surface area contributed by atoms with Gasteiger partial charge in [0.05, 0.1) is 10.4 Å². The van der Waals surface area contributed by atoms with E-state index >= 15 is 0 Å². The summed E-state index contributed by atoms with van der Waals surface area (Å²) in [6.07, 6.45) is 18.0. The number of nitrogens with zero attached hydrogens (tertiary/aromatic N) is 1. The topological polar surface area (TPSA) is 39.2 Å². The number of esters is 1. The van der Waals surface area contributed by atoms with E-state index in [4.69, 9.17) is 16.3 Å². The van der Waals surface area contributed by atoms with Crippen molar-refractivity contribution in [2.24, 2.45) is 46.3 Å². The number of hydrogen-bond donors (Lipinski definition) is 0. The fourth-order valence-corrected chi connectivity index (χ4v) is 10.7. The van der Waals surface area contributed by atoms with Crippen LogP contribution in [0.25, 0.3) is 0 Å². The summed E-state index contributed by atoms with van der Waals surface area (Å²) in [5.74, 6) is 3.95. The van der Waals surface area contributed by atoms with E-state index in [0.29, 0.717) is 28.7 Å². The number of hydrogen-bond acceptors (Lipinski definition) is 3. The molecule has 1 heterocycles. The SMILES string of the molecule is CC(C)CCC[C@@H](C)[C@H]1CC[C@H]2[C@@H]3CCC4CCCC(OC(=O)c5cccnc5)[C@]4(C)[C@@]3(Cl)CC[C@]12C. The average molecular weight is 528 g/mol. The quantitative estimate of drug-likeness (QED) is 0.262. The van der Waals surface area contributed by atoms with Crippen molar-refractivity contribution in [3.05, 3.63) is 30.1 Å². The molecule has 4 fully saturated rings. The van der Waals surface area contributed by atoms with Gasteiger partial charge in [0.25, 0.3) is 0 Å². The summed E-state index contributed by atoms with van der Waals surface area (Å²) in [4.78, 5) is 17.0. The Morgan fingerprint density at radius 3 is 2.57 bits per heavy atom. The van der Waals surface area contributed by atoms with Crippen LogP contribution in [0.1, 0.15) is 122 Å². The largest absolute Gasteiger partial charge is 0.458 e. The van der Waals surface area contributed by atoms with Gasteiger partial charge in [0.2, 0.25) is 0 Å². The van der Waals surface area contributed by atoms with Crippen LogP contribution in [-0.2, 0) is 4.74 Å². The van der Waals surface area contributed by atoms with Gasteiger partial charge in [-0.2, -0.15) is 0 Å². The number of aromatic nitrogens is 1. The van der Waals surface area contributed by atoms with E-state index in [2.05, 4.69) is 39.6 Å². The highest BCUT2D eigenvalue weighted by molar-refractivity contribution is 6.25. The lowest BCUT2D eigenvalue weighted by Gasteiger charge is -2.66. The molecule has 0 saturated heterocycles. The molecule has 206 valence electrons. The van der Waals surface area contributed by atoms with Gasteiger partial charge in [0.15, 0.2) is 0 Å². The summed E-state index contributed by atoms with van der Waals surface area (Å²) >= 11 is 7.99. The van der Waals surface area contributed by atoms with Gasteiger partial charge in [0, 0.05) is 17.8 Å². The van der Waals surface area contributed by atoms with E-state index in [1.54, 1.807) is 12.4 Å². The molecular weight excluding hydrogens is 478 g/mol. The van der Waals surface area contributed by atoms with E-state index in [1.165, 1.54) is 57.8 Å². The van der Waals surface area contributed by atoms with Crippen LogP contribution in [0.2, 0.25) is 0 Å². The van der Waals surface area contributed by atoms with Crippen LogP contribution in [-0.4, -0.2) is 21.9 Å². The first-order valence-corrected chi connectivity index (χ1v) is 15.8. The lowest BCUT2D eigenvalue weighted by Crippen LogP contribution is -2.66. The number of halogens is 1. The molecule has 0 N–H and O–H groups in total. The van der Waals surface area contributed by atoms with Crippen LogP contribution in [0, 0.1) is 46.3 Å². The Labute approximate surface area is 230 Å². The number of carbonyl (C=O) groups excluding carboxylic acids is 1. The fraction of sp³-hybridized carbons (Fsp3) is 0.818. The van der Waals surface area contributed by atoms with Crippen molar-refractivity contribution < 1.29 is 9.53 Å². The highest BCUT2D eigenvalue weighted by atomic mass is 35.5. The number of ether oxygens (including phenoxy) is 1. The Hall–Kier alpha value is -1.09. The van der Waals surface area contributed by atoms with Crippen molar-refractivity contribution in [2.45, 2.75) is 123 Å². The van der Waals surface area contributed by atoms with Crippen LogP contribution < -0.4 is 0 Å². The lowest BCUT2D eigenvalue weighted by atomic mass is 9.43. The summed E-state index contributed by atoms with van der Waals surface area (Å²) in [6, 6.07) is 3.62. The van der Waals surface area contributed by atoms with Gasteiger partial charge in [-0.1, -0.05) is 53.9 Å². The molecule has 0 aliphatic heterocycles. The first kappa shape index (κ1) is 27.5. The smallest absolute Gasteiger partial charge is 0.339 e. The second-order valence-corrected chi connectivity index (χ2v) is 14.9. The van der Waals surface area contributed by atoms with E-state index < -0.39 is 0 Å². The van der Waals surface area contributed by atoms with Crippen molar-refractivity contribution in [1.82, 2.24) is 4.98 Å². The third kappa shape index (κ3) is 4.57. The molecule has 4 aliphatic rings. The fourth-order valence-electron chi connectivity index (χ4n) is 10.1. The third-order valence-electron chi connectivity index (χ3n) is 12.1. The zero-order valence-electron chi connectivity index (χ0n) is 24.0. The molecule has 4 saturated carbocycles. The van der Waals surface area contributed by atoms with Crippen molar-refractivity contribution in [3.63, 3.8) is 0 Å². The third-order valence-corrected chi connectivity index (χ3v) is 13.0. The number of fused-ring (bicyclic) bond motifs is 5. The summed E-state index contributed by atoms with van der Waals surface area (Å²) in [6.45, 7) is 12.3. The minimum Gasteiger partial charge on any atom is -0.458 e. The van der Waals surface area contributed by atoms with Gasteiger partial charge in [-0.3, -0.25) is 4.98 Å². The van der Waals surface area contributed by atoms with Crippen LogP contribution in [0.15, 0.2) is 24.5 Å². The number of pyridine rings is 1. The normalized spacial score (nSPS) is 42.0. The molecular formula is C33H50ClNO2. The highest BCUT2D eigenvalue weighted by Gasteiger charge is 2.69. The highest BCUT2D eigenvalue weighted by Crippen LogP contribution is 2.72. The van der Waals surface area contributed by atoms with Crippen LogP contribution >= 0.6 is 11.6 Å². The number of carbonyl (C=O) groups is 1. The summed E-state index contributed by atoms with van der Waals surface area (Å²) < 4.78 is 6.36. The maximum Gasteiger partial charge on any atom is 0.339 e. The Kier molecular flexibility index (Phi) is 7.78.